The summed E-state index contributed by atoms with van der Waals surface area (Å²) in [6.07, 6.45) is -0.651. The first kappa shape index (κ1) is 13.1. The van der Waals surface area contributed by atoms with Crippen molar-refractivity contribution >= 4 is 11.5 Å². The molecular weight excluding hydrogens is 260 g/mol. The van der Waals surface area contributed by atoms with Crippen LogP contribution in [0.15, 0.2) is 71.2 Å². The van der Waals surface area contributed by atoms with E-state index in [-0.39, 0.29) is 0 Å². The second-order valence-corrected chi connectivity index (χ2v) is 4.68. The number of nitrogens with one attached hydrogen (secondary N) is 1. The standard InChI is InChI=1S/C17H14N4/c18-11-14-15(12-7-3-1-4-8-12)20-17(21-16(14)19)13-9-5-2-6-10-13/h1-10,16H,19H2,(H,20,21). The Balaban J connectivity index is 2.04. The van der Waals surface area contributed by atoms with Gasteiger partial charge in [0.1, 0.15) is 18.1 Å². The molecule has 1 unspecified atom stereocenters. The molecule has 3 N–H and O–H groups in total. The molecule has 0 saturated heterocycles. The molecule has 0 spiro atoms. The smallest absolute Gasteiger partial charge is 0.137 e. The third kappa shape index (κ3) is 2.55. The lowest BCUT2D eigenvalue weighted by atomic mass is 10.0. The lowest BCUT2D eigenvalue weighted by Crippen LogP contribution is -2.36. The number of nitriles is 1. The van der Waals surface area contributed by atoms with E-state index in [4.69, 9.17) is 5.73 Å². The first-order valence-corrected chi connectivity index (χ1v) is 6.65. The number of hydrogen-bond donors (Lipinski definition) is 2. The fraction of sp³-hybridized carbons (Fsp3) is 0.0588. The van der Waals surface area contributed by atoms with Gasteiger partial charge in [0, 0.05) is 5.56 Å². The maximum atomic E-state index is 9.35. The average molecular weight is 274 g/mol. The summed E-state index contributed by atoms with van der Waals surface area (Å²) in [7, 11) is 0. The van der Waals surface area contributed by atoms with Crippen LogP contribution in [0.25, 0.3) is 5.70 Å². The van der Waals surface area contributed by atoms with E-state index >= 15 is 0 Å². The van der Waals surface area contributed by atoms with Gasteiger partial charge in [0.2, 0.25) is 0 Å². The molecule has 1 heterocycles. The van der Waals surface area contributed by atoms with Crippen molar-refractivity contribution < 1.29 is 0 Å². The summed E-state index contributed by atoms with van der Waals surface area (Å²) in [4.78, 5) is 4.38. The van der Waals surface area contributed by atoms with Crippen LogP contribution in [-0.2, 0) is 0 Å². The van der Waals surface area contributed by atoms with Crippen molar-refractivity contribution in [1.82, 2.24) is 5.32 Å². The molecule has 0 amide bonds. The van der Waals surface area contributed by atoms with Crippen LogP contribution < -0.4 is 11.1 Å². The molecule has 0 radical (unpaired) electrons. The molecule has 4 heteroatoms. The van der Waals surface area contributed by atoms with Gasteiger partial charge in [-0.3, -0.25) is 0 Å². The Bertz CT molecular complexity index is 739. The number of aliphatic imine (C=N–C) groups is 1. The largest absolute Gasteiger partial charge is 0.339 e. The molecule has 1 aliphatic heterocycles. The fourth-order valence-corrected chi connectivity index (χ4v) is 2.27. The topological polar surface area (TPSA) is 74.2 Å². The quantitative estimate of drug-likeness (QED) is 0.882. The number of benzene rings is 2. The fourth-order valence-electron chi connectivity index (χ4n) is 2.27. The highest BCUT2D eigenvalue weighted by atomic mass is 15.1. The summed E-state index contributed by atoms with van der Waals surface area (Å²) >= 11 is 0. The zero-order valence-electron chi connectivity index (χ0n) is 11.3. The molecule has 0 bridgehead atoms. The van der Waals surface area contributed by atoms with Crippen molar-refractivity contribution in [3.63, 3.8) is 0 Å². The van der Waals surface area contributed by atoms with Crippen LogP contribution in [0.3, 0.4) is 0 Å². The Morgan fingerprint density at radius 3 is 2.10 bits per heavy atom. The maximum Gasteiger partial charge on any atom is 0.137 e. The van der Waals surface area contributed by atoms with Gasteiger partial charge in [-0.1, -0.05) is 60.7 Å². The monoisotopic (exact) mass is 274 g/mol. The van der Waals surface area contributed by atoms with Crippen LogP contribution in [0.5, 0.6) is 0 Å². The first-order valence-electron chi connectivity index (χ1n) is 6.65. The van der Waals surface area contributed by atoms with Crippen molar-refractivity contribution in [3.8, 4) is 6.07 Å². The van der Waals surface area contributed by atoms with Gasteiger partial charge < -0.3 is 11.1 Å². The van der Waals surface area contributed by atoms with Crippen LogP contribution >= 0.6 is 0 Å². The predicted molar refractivity (Wildman–Crippen MR) is 83.1 cm³/mol. The average Bonchev–Trinajstić information content (AvgIpc) is 2.55. The van der Waals surface area contributed by atoms with Crippen molar-refractivity contribution in [2.75, 3.05) is 0 Å². The molecule has 0 fully saturated rings. The third-order valence-corrected chi connectivity index (χ3v) is 3.31. The third-order valence-electron chi connectivity index (χ3n) is 3.31. The number of nitrogens with zero attached hydrogens (tertiary/aromatic N) is 2. The lowest BCUT2D eigenvalue weighted by molar-refractivity contribution is 0.819. The Morgan fingerprint density at radius 2 is 1.52 bits per heavy atom. The minimum absolute atomic E-state index is 0.445. The summed E-state index contributed by atoms with van der Waals surface area (Å²) in [5.41, 5.74) is 9.07. The number of rotatable bonds is 2. The van der Waals surface area contributed by atoms with Crippen LogP contribution in [0.2, 0.25) is 0 Å². The zero-order chi connectivity index (χ0) is 14.7. The van der Waals surface area contributed by atoms with Gasteiger partial charge in [0.15, 0.2) is 0 Å². The van der Waals surface area contributed by atoms with Crippen LogP contribution in [0.4, 0.5) is 0 Å². The molecule has 1 atom stereocenters. The summed E-state index contributed by atoms with van der Waals surface area (Å²) in [5.74, 6) is 0.681. The van der Waals surface area contributed by atoms with E-state index in [9.17, 15) is 5.26 Å². The van der Waals surface area contributed by atoms with Gasteiger partial charge in [0.05, 0.1) is 11.3 Å². The summed E-state index contributed by atoms with van der Waals surface area (Å²) < 4.78 is 0. The molecule has 21 heavy (non-hydrogen) atoms. The number of nitrogens with two attached hydrogens (primary N) is 1. The normalized spacial score (nSPS) is 17.7. The van der Waals surface area contributed by atoms with Gasteiger partial charge in [-0.15, -0.1) is 0 Å². The minimum atomic E-state index is -0.651. The highest BCUT2D eigenvalue weighted by molar-refractivity contribution is 6.05. The summed E-state index contributed by atoms with van der Waals surface area (Å²) in [5, 5.41) is 12.6. The molecular formula is C17H14N4. The highest BCUT2D eigenvalue weighted by Crippen LogP contribution is 2.22. The Hall–Kier alpha value is -2.90. The maximum absolute atomic E-state index is 9.35. The molecule has 4 nitrogen and oxygen atoms in total. The number of hydrogen-bond acceptors (Lipinski definition) is 4. The first-order chi connectivity index (χ1) is 10.3. The van der Waals surface area contributed by atoms with E-state index in [1.807, 2.05) is 60.7 Å². The van der Waals surface area contributed by atoms with Crippen LogP contribution in [-0.4, -0.2) is 12.0 Å². The predicted octanol–water partition coefficient (Wildman–Crippen LogP) is 2.26. The molecule has 3 rings (SSSR count). The van der Waals surface area contributed by atoms with Crippen molar-refractivity contribution in [2.45, 2.75) is 6.17 Å². The van der Waals surface area contributed by atoms with Gasteiger partial charge in [0.25, 0.3) is 0 Å². The molecule has 0 aromatic heterocycles. The second-order valence-electron chi connectivity index (χ2n) is 4.68. The van der Waals surface area contributed by atoms with E-state index < -0.39 is 6.17 Å². The SMILES string of the molecule is N#CC1=C(c2ccccc2)NC(c2ccccc2)=NC1N. The van der Waals surface area contributed by atoms with E-state index in [1.54, 1.807) is 0 Å². The summed E-state index contributed by atoms with van der Waals surface area (Å²) in [6, 6.07) is 21.6. The minimum Gasteiger partial charge on any atom is -0.339 e. The molecule has 0 saturated carbocycles. The highest BCUT2D eigenvalue weighted by Gasteiger charge is 2.23. The second kappa shape index (κ2) is 5.61. The zero-order valence-corrected chi connectivity index (χ0v) is 11.3. The summed E-state index contributed by atoms with van der Waals surface area (Å²) in [6.45, 7) is 0. The Labute approximate surface area is 123 Å². The van der Waals surface area contributed by atoms with E-state index in [1.165, 1.54) is 0 Å². The van der Waals surface area contributed by atoms with Gasteiger partial charge in [-0.05, 0) is 5.56 Å². The van der Waals surface area contributed by atoms with Gasteiger partial charge >= 0.3 is 0 Å². The number of amidine groups is 1. The van der Waals surface area contributed by atoms with E-state index in [0.717, 1.165) is 16.8 Å². The molecule has 102 valence electrons. The van der Waals surface area contributed by atoms with Gasteiger partial charge in [-0.25, -0.2) is 4.99 Å². The Kier molecular flexibility index (Phi) is 3.50. The van der Waals surface area contributed by atoms with Crippen LogP contribution in [0, 0.1) is 11.3 Å². The van der Waals surface area contributed by atoms with Crippen molar-refractivity contribution in [3.05, 3.63) is 77.4 Å². The molecule has 1 aliphatic rings. The van der Waals surface area contributed by atoms with Crippen LogP contribution in [0.1, 0.15) is 11.1 Å². The Morgan fingerprint density at radius 1 is 0.952 bits per heavy atom. The lowest BCUT2D eigenvalue weighted by Gasteiger charge is -2.23. The molecule has 0 aliphatic carbocycles. The van der Waals surface area contributed by atoms with Crippen molar-refractivity contribution in [1.29, 1.82) is 5.26 Å². The molecule has 2 aromatic rings. The van der Waals surface area contributed by atoms with E-state index in [2.05, 4.69) is 16.4 Å². The van der Waals surface area contributed by atoms with Crippen molar-refractivity contribution in [2.24, 2.45) is 10.7 Å². The molecule has 2 aromatic carbocycles. The van der Waals surface area contributed by atoms with Gasteiger partial charge in [-0.2, -0.15) is 5.26 Å². The van der Waals surface area contributed by atoms with E-state index in [0.29, 0.717) is 11.4 Å².